The van der Waals surface area contributed by atoms with Gasteiger partial charge in [0.2, 0.25) is 0 Å². The van der Waals surface area contributed by atoms with E-state index in [2.05, 4.69) is 5.10 Å². The molecule has 136 valence electrons. The number of amides is 1. The van der Waals surface area contributed by atoms with Gasteiger partial charge in [-0.1, -0.05) is 6.07 Å². The van der Waals surface area contributed by atoms with Crippen molar-refractivity contribution in [1.82, 2.24) is 5.01 Å². The maximum absolute atomic E-state index is 12.4. The van der Waals surface area contributed by atoms with Crippen LogP contribution < -0.4 is 9.47 Å². The molecule has 1 N–H and O–H groups in total. The zero-order valence-electron chi connectivity index (χ0n) is 14.6. The maximum Gasteiger partial charge on any atom is 0.341 e. The summed E-state index contributed by atoms with van der Waals surface area (Å²) >= 11 is 0. The molecule has 1 heterocycles. The van der Waals surface area contributed by atoms with E-state index in [1.165, 1.54) is 5.01 Å². The number of hydrogen-bond donors (Lipinski definition) is 1. The van der Waals surface area contributed by atoms with Gasteiger partial charge < -0.3 is 14.6 Å². The van der Waals surface area contributed by atoms with Crippen LogP contribution in [0.5, 0.6) is 11.5 Å². The van der Waals surface area contributed by atoms with Gasteiger partial charge in [-0.15, -0.1) is 0 Å². The lowest BCUT2D eigenvalue weighted by Gasteiger charge is -2.12. The molecule has 0 fully saturated rings. The van der Waals surface area contributed by atoms with Crippen LogP contribution in [0.1, 0.15) is 25.8 Å². The molecule has 0 atom stereocenters. The van der Waals surface area contributed by atoms with Crippen LogP contribution in [0.3, 0.4) is 0 Å². The van der Waals surface area contributed by atoms with Crippen molar-refractivity contribution in [3.8, 4) is 17.6 Å². The van der Waals surface area contributed by atoms with Crippen LogP contribution in [-0.2, 0) is 9.59 Å². The van der Waals surface area contributed by atoms with Gasteiger partial charge in [-0.3, -0.25) is 4.79 Å². The second-order valence-electron chi connectivity index (χ2n) is 5.40. The van der Waals surface area contributed by atoms with E-state index in [9.17, 15) is 9.59 Å². The number of carbonyl (C=O) groups is 2. The number of benzene rings is 1. The molecule has 0 saturated carbocycles. The smallest absolute Gasteiger partial charge is 0.341 e. The largest absolute Gasteiger partial charge is 0.490 e. The number of nitrogens with zero attached hydrogens (tertiary/aromatic N) is 3. The number of aliphatic carboxylic acids is 1. The lowest BCUT2D eigenvalue weighted by atomic mass is 10.1. The average Bonchev–Trinajstić information content (AvgIpc) is 2.87. The summed E-state index contributed by atoms with van der Waals surface area (Å²) in [5.74, 6) is -0.638. The summed E-state index contributed by atoms with van der Waals surface area (Å²) in [6.45, 7) is 3.68. The molecule has 0 spiro atoms. The first-order valence-corrected chi connectivity index (χ1v) is 8.03. The highest BCUT2D eigenvalue weighted by molar-refractivity contribution is 6.26. The Labute approximate surface area is 150 Å². The maximum atomic E-state index is 12.4. The Morgan fingerprint density at radius 3 is 2.81 bits per heavy atom. The van der Waals surface area contributed by atoms with Crippen LogP contribution in [0.25, 0.3) is 6.08 Å². The average molecular weight is 357 g/mol. The van der Waals surface area contributed by atoms with Crippen molar-refractivity contribution >= 4 is 23.7 Å². The van der Waals surface area contributed by atoms with Crippen molar-refractivity contribution in [2.24, 2.45) is 5.10 Å². The summed E-state index contributed by atoms with van der Waals surface area (Å²) in [5, 5.41) is 22.8. The fourth-order valence-electron chi connectivity index (χ4n) is 2.36. The molecule has 8 nitrogen and oxygen atoms in total. The molecule has 2 rings (SSSR count). The standard InChI is InChI=1S/C18H19N3O5/c1-3-25-16-10-13(5-6-15(16)26-11-17(22)23)9-14-12(2)20-21(18(14)24)8-4-7-19/h5-6,9-10H,3-4,8,11H2,1-2H3,(H,22,23)/b14-9+. The molecule has 26 heavy (non-hydrogen) atoms. The molecular weight excluding hydrogens is 338 g/mol. The van der Waals surface area contributed by atoms with Crippen molar-refractivity contribution in [1.29, 1.82) is 5.26 Å². The Morgan fingerprint density at radius 2 is 2.15 bits per heavy atom. The van der Waals surface area contributed by atoms with Crippen molar-refractivity contribution in [2.45, 2.75) is 20.3 Å². The minimum Gasteiger partial charge on any atom is -0.490 e. The molecule has 0 saturated heterocycles. The summed E-state index contributed by atoms with van der Waals surface area (Å²) in [6, 6.07) is 6.96. The fraction of sp³-hybridized carbons (Fsp3) is 0.333. The molecule has 1 aliphatic heterocycles. The Morgan fingerprint density at radius 1 is 1.38 bits per heavy atom. The second-order valence-corrected chi connectivity index (χ2v) is 5.40. The van der Waals surface area contributed by atoms with Crippen LogP contribution >= 0.6 is 0 Å². The Kier molecular flexibility index (Phi) is 6.33. The number of rotatable bonds is 8. The Bertz CT molecular complexity index is 808. The molecule has 0 unspecified atom stereocenters. The minimum atomic E-state index is -1.08. The van der Waals surface area contributed by atoms with Gasteiger partial charge in [0.1, 0.15) is 0 Å². The van der Waals surface area contributed by atoms with E-state index in [-0.39, 0.29) is 18.9 Å². The van der Waals surface area contributed by atoms with Crippen molar-refractivity contribution in [3.05, 3.63) is 29.3 Å². The van der Waals surface area contributed by atoms with Crippen LogP contribution in [0, 0.1) is 11.3 Å². The molecular formula is C18H19N3O5. The first-order chi connectivity index (χ1) is 12.5. The zero-order valence-corrected chi connectivity index (χ0v) is 14.6. The van der Waals surface area contributed by atoms with E-state index in [0.29, 0.717) is 35.0 Å². The Hall–Kier alpha value is -3.34. The Balaban J connectivity index is 2.26. The first kappa shape index (κ1) is 19.0. The van der Waals surface area contributed by atoms with Gasteiger partial charge in [-0.05, 0) is 37.6 Å². The number of carboxylic acid groups (broad SMARTS) is 1. The monoisotopic (exact) mass is 357 g/mol. The third-order valence-corrected chi connectivity index (χ3v) is 3.49. The van der Waals surface area contributed by atoms with Gasteiger partial charge in [0.05, 0.1) is 36.9 Å². The number of hydrogen-bond acceptors (Lipinski definition) is 6. The zero-order chi connectivity index (χ0) is 19.1. The SMILES string of the molecule is CCOc1cc(/C=C2/C(=O)N(CCC#N)N=C2C)ccc1OCC(=O)O. The molecule has 8 heteroatoms. The molecule has 0 aromatic heterocycles. The summed E-state index contributed by atoms with van der Waals surface area (Å²) in [4.78, 5) is 23.1. The third-order valence-electron chi connectivity index (χ3n) is 3.49. The minimum absolute atomic E-state index is 0.208. The van der Waals surface area contributed by atoms with Gasteiger partial charge in [0.15, 0.2) is 18.1 Å². The predicted molar refractivity (Wildman–Crippen MR) is 93.8 cm³/mol. The van der Waals surface area contributed by atoms with E-state index in [4.69, 9.17) is 19.8 Å². The highest BCUT2D eigenvalue weighted by Crippen LogP contribution is 2.30. The van der Waals surface area contributed by atoms with Crippen molar-refractivity contribution < 1.29 is 24.2 Å². The van der Waals surface area contributed by atoms with Crippen LogP contribution in [0.4, 0.5) is 0 Å². The van der Waals surface area contributed by atoms with Gasteiger partial charge in [0.25, 0.3) is 5.91 Å². The van der Waals surface area contributed by atoms with E-state index in [0.717, 1.165) is 0 Å². The number of carboxylic acids is 1. The first-order valence-electron chi connectivity index (χ1n) is 8.03. The van der Waals surface area contributed by atoms with Crippen molar-refractivity contribution in [3.63, 3.8) is 0 Å². The highest BCUT2D eigenvalue weighted by Gasteiger charge is 2.27. The number of ether oxygens (including phenoxy) is 2. The topological polar surface area (TPSA) is 112 Å². The predicted octanol–water partition coefficient (Wildman–Crippen LogP) is 2.06. The second kappa shape index (κ2) is 8.67. The van der Waals surface area contributed by atoms with E-state index < -0.39 is 12.6 Å². The molecule has 1 aromatic rings. The molecule has 0 radical (unpaired) electrons. The molecule has 1 aliphatic rings. The lowest BCUT2D eigenvalue weighted by molar-refractivity contribution is -0.139. The van der Waals surface area contributed by atoms with Gasteiger partial charge >= 0.3 is 5.97 Å². The van der Waals surface area contributed by atoms with Crippen LogP contribution in [-0.4, -0.2) is 47.5 Å². The molecule has 0 bridgehead atoms. The van der Waals surface area contributed by atoms with Gasteiger partial charge in [-0.2, -0.15) is 10.4 Å². The quantitative estimate of drug-likeness (QED) is 0.713. The third kappa shape index (κ3) is 4.60. The van der Waals surface area contributed by atoms with E-state index >= 15 is 0 Å². The van der Waals surface area contributed by atoms with Gasteiger partial charge in [0, 0.05) is 0 Å². The molecule has 0 aliphatic carbocycles. The fourth-order valence-corrected chi connectivity index (χ4v) is 2.36. The summed E-state index contributed by atoms with van der Waals surface area (Å²) < 4.78 is 10.7. The van der Waals surface area contributed by atoms with Crippen molar-refractivity contribution in [2.75, 3.05) is 19.8 Å². The van der Waals surface area contributed by atoms with E-state index in [1.54, 1.807) is 38.1 Å². The normalized spacial score (nSPS) is 15.0. The summed E-state index contributed by atoms with van der Waals surface area (Å²) in [5.41, 5.74) is 1.69. The highest BCUT2D eigenvalue weighted by atomic mass is 16.5. The number of hydrazone groups is 1. The number of nitriles is 1. The number of carbonyl (C=O) groups excluding carboxylic acids is 1. The summed E-state index contributed by atoms with van der Waals surface area (Å²) in [6.07, 6.45) is 1.89. The molecule has 1 amide bonds. The lowest BCUT2D eigenvalue weighted by Crippen LogP contribution is -2.22. The van der Waals surface area contributed by atoms with Crippen LogP contribution in [0.2, 0.25) is 0 Å². The summed E-state index contributed by atoms with van der Waals surface area (Å²) in [7, 11) is 0. The van der Waals surface area contributed by atoms with Crippen LogP contribution in [0.15, 0.2) is 28.9 Å². The van der Waals surface area contributed by atoms with Gasteiger partial charge in [-0.25, -0.2) is 9.80 Å². The van der Waals surface area contributed by atoms with E-state index in [1.807, 2.05) is 6.07 Å². The molecule has 1 aromatic carbocycles.